The summed E-state index contributed by atoms with van der Waals surface area (Å²) < 4.78 is 26.6. The van der Waals surface area contributed by atoms with Crippen LogP contribution in [0.2, 0.25) is 0 Å². The van der Waals surface area contributed by atoms with Gasteiger partial charge in [0.1, 0.15) is 24.2 Å². The van der Waals surface area contributed by atoms with E-state index in [1.54, 1.807) is 47.5 Å². The summed E-state index contributed by atoms with van der Waals surface area (Å²) in [7, 11) is 0. The molecule has 0 spiro atoms. The van der Waals surface area contributed by atoms with Crippen molar-refractivity contribution in [3.8, 4) is 11.1 Å². The van der Waals surface area contributed by atoms with E-state index >= 15 is 0 Å². The standard InChI is InChI=1S/C22H19FN6O5.C7H17N/c23-19-7-15(29-11-17(33-22(29)31)10-28-6-5-25-27-28)2-3-18(19)14-1-4-20(24-9-14)21-8-16(34-26-21)12-32-13-30;1-4-7-8(5-2)6-3/h1-7,9,13,16-17H,8,10-12H2;4-7H2,1-3H3. The molecule has 0 N–H and O–H groups in total. The predicted molar refractivity (Wildman–Crippen MR) is 153 cm³/mol. The molecule has 3 aromatic rings. The normalized spacial score (nSPS) is 17.8. The summed E-state index contributed by atoms with van der Waals surface area (Å²) in [5.41, 5.74) is 2.53. The number of benzene rings is 1. The first-order valence-electron chi connectivity index (χ1n) is 14.0. The van der Waals surface area contributed by atoms with Crippen molar-refractivity contribution in [2.75, 3.05) is 37.7 Å². The van der Waals surface area contributed by atoms with Crippen LogP contribution in [-0.4, -0.2) is 88.1 Å². The number of oxime groups is 1. The molecule has 4 heterocycles. The summed E-state index contributed by atoms with van der Waals surface area (Å²) in [6, 6.07) is 8.02. The number of rotatable bonds is 12. The molecule has 1 amide bonds. The summed E-state index contributed by atoms with van der Waals surface area (Å²) >= 11 is 0. The minimum atomic E-state index is -0.542. The molecule has 2 unspecified atom stereocenters. The number of halogens is 1. The molecule has 1 saturated heterocycles. The van der Waals surface area contributed by atoms with Crippen molar-refractivity contribution in [3.05, 3.63) is 60.4 Å². The molecule has 1 aromatic carbocycles. The highest BCUT2D eigenvalue weighted by atomic mass is 19.1. The third kappa shape index (κ3) is 7.87. The molecule has 0 radical (unpaired) electrons. The van der Waals surface area contributed by atoms with E-state index in [0.29, 0.717) is 47.7 Å². The summed E-state index contributed by atoms with van der Waals surface area (Å²) in [5, 5.41) is 11.6. The van der Waals surface area contributed by atoms with Crippen molar-refractivity contribution < 1.29 is 28.3 Å². The van der Waals surface area contributed by atoms with Gasteiger partial charge in [-0.15, -0.1) is 5.10 Å². The third-order valence-electron chi connectivity index (χ3n) is 6.89. The minimum Gasteiger partial charge on any atom is -0.464 e. The van der Waals surface area contributed by atoms with Crippen LogP contribution in [0.1, 0.15) is 39.3 Å². The van der Waals surface area contributed by atoms with Gasteiger partial charge in [-0.25, -0.2) is 13.9 Å². The first kappa shape index (κ1) is 30.6. The van der Waals surface area contributed by atoms with Crippen LogP contribution in [0.4, 0.5) is 14.9 Å². The Bertz CT molecular complexity index is 1330. The number of amides is 1. The maximum Gasteiger partial charge on any atom is 0.414 e. The summed E-state index contributed by atoms with van der Waals surface area (Å²) in [5.74, 6) is -0.493. The second kappa shape index (κ2) is 15.0. The third-order valence-corrected chi connectivity index (χ3v) is 6.89. The Morgan fingerprint density at radius 3 is 2.62 bits per heavy atom. The highest BCUT2D eigenvalue weighted by Crippen LogP contribution is 2.29. The van der Waals surface area contributed by atoms with Crippen LogP contribution in [0.25, 0.3) is 11.1 Å². The zero-order valence-electron chi connectivity index (χ0n) is 24.1. The highest BCUT2D eigenvalue weighted by Gasteiger charge is 2.33. The molecule has 0 saturated carbocycles. The van der Waals surface area contributed by atoms with E-state index in [-0.39, 0.29) is 19.3 Å². The average Bonchev–Trinajstić information content (AvgIpc) is 3.77. The van der Waals surface area contributed by atoms with Gasteiger partial charge in [0, 0.05) is 29.9 Å². The number of carbonyl (C=O) groups excluding carboxylic acids is 2. The Hall–Kier alpha value is -4.39. The smallest absolute Gasteiger partial charge is 0.414 e. The monoisotopic (exact) mass is 581 g/mol. The van der Waals surface area contributed by atoms with Gasteiger partial charge in [-0.3, -0.25) is 14.7 Å². The Morgan fingerprint density at radius 2 is 2.00 bits per heavy atom. The second-order valence-electron chi connectivity index (χ2n) is 9.76. The van der Waals surface area contributed by atoms with Gasteiger partial charge in [-0.1, -0.05) is 37.2 Å². The quantitative estimate of drug-likeness (QED) is 0.293. The molecule has 13 heteroatoms. The number of ether oxygens (including phenoxy) is 2. The maximum atomic E-state index is 15.0. The Kier molecular flexibility index (Phi) is 10.9. The van der Waals surface area contributed by atoms with E-state index in [1.165, 1.54) is 37.0 Å². The number of pyridine rings is 1. The van der Waals surface area contributed by atoms with Crippen molar-refractivity contribution in [1.29, 1.82) is 0 Å². The fraction of sp³-hybridized carbons (Fsp3) is 0.448. The van der Waals surface area contributed by atoms with Gasteiger partial charge < -0.3 is 19.2 Å². The number of anilines is 1. The van der Waals surface area contributed by atoms with Gasteiger partial charge in [0.15, 0.2) is 6.10 Å². The number of hydrogen-bond acceptors (Lipinski definition) is 10. The average molecular weight is 582 g/mol. The molecule has 12 nitrogen and oxygen atoms in total. The highest BCUT2D eigenvalue weighted by molar-refractivity contribution is 5.99. The summed E-state index contributed by atoms with van der Waals surface area (Å²) in [6.45, 7) is 11.4. The van der Waals surface area contributed by atoms with Gasteiger partial charge in [0.05, 0.1) is 30.7 Å². The molecule has 2 aliphatic heterocycles. The van der Waals surface area contributed by atoms with Gasteiger partial charge in [0.25, 0.3) is 6.47 Å². The second-order valence-corrected chi connectivity index (χ2v) is 9.76. The zero-order chi connectivity index (χ0) is 29.9. The van der Waals surface area contributed by atoms with Crippen LogP contribution in [0.15, 0.2) is 54.1 Å². The number of nitrogens with zero attached hydrogens (tertiary/aromatic N) is 7. The number of aromatic nitrogens is 4. The molecule has 2 atom stereocenters. The van der Waals surface area contributed by atoms with Crippen LogP contribution in [0, 0.1) is 5.82 Å². The van der Waals surface area contributed by atoms with Crippen molar-refractivity contribution in [2.24, 2.45) is 5.16 Å². The topological polar surface area (TPSA) is 124 Å². The number of hydrogen-bond donors (Lipinski definition) is 0. The minimum absolute atomic E-state index is 0.109. The largest absolute Gasteiger partial charge is 0.464 e. The lowest BCUT2D eigenvalue weighted by Gasteiger charge is -2.15. The lowest BCUT2D eigenvalue weighted by Crippen LogP contribution is -2.26. The SMILES string of the molecule is CCCN(CC)CC.O=COCC1CC(c2ccc(-c3ccc(N4CC(Cn5ccnn5)OC4=O)cc3F)cn2)=NO1. The number of cyclic esters (lactones) is 1. The zero-order valence-corrected chi connectivity index (χ0v) is 24.1. The van der Waals surface area contributed by atoms with Crippen molar-refractivity contribution in [2.45, 2.75) is 52.4 Å². The molecule has 1 fully saturated rings. The maximum absolute atomic E-state index is 15.0. The van der Waals surface area contributed by atoms with Crippen LogP contribution < -0.4 is 4.90 Å². The van der Waals surface area contributed by atoms with E-state index in [9.17, 15) is 14.0 Å². The van der Waals surface area contributed by atoms with Crippen molar-refractivity contribution in [3.63, 3.8) is 0 Å². The van der Waals surface area contributed by atoms with Crippen molar-refractivity contribution >= 4 is 24.0 Å². The fourth-order valence-corrected chi connectivity index (χ4v) is 4.67. The Labute approximate surface area is 244 Å². The lowest BCUT2D eigenvalue weighted by atomic mass is 10.0. The first-order valence-corrected chi connectivity index (χ1v) is 14.0. The summed E-state index contributed by atoms with van der Waals surface area (Å²) in [6.07, 6.45) is 5.19. The molecule has 42 heavy (non-hydrogen) atoms. The predicted octanol–water partition coefficient (Wildman–Crippen LogP) is 3.91. The van der Waals surface area contributed by atoms with Gasteiger partial charge in [0.2, 0.25) is 0 Å². The van der Waals surface area contributed by atoms with Gasteiger partial charge in [-0.2, -0.15) is 0 Å². The van der Waals surface area contributed by atoms with E-state index in [4.69, 9.17) is 14.3 Å². The van der Waals surface area contributed by atoms with E-state index in [1.807, 2.05) is 0 Å². The van der Waals surface area contributed by atoms with E-state index in [0.717, 1.165) is 0 Å². The first-order chi connectivity index (χ1) is 20.4. The Morgan fingerprint density at radius 1 is 1.17 bits per heavy atom. The number of carbonyl (C=O) groups is 2. The van der Waals surface area contributed by atoms with Crippen LogP contribution in [0.3, 0.4) is 0 Å². The van der Waals surface area contributed by atoms with Gasteiger partial charge >= 0.3 is 6.09 Å². The van der Waals surface area contributed by atoms with Gasteiger partial charge in [-0.05, 0) is 50.3 Å². The Balaban J connectivity index is 0.000000446. The molecular formula is C29H36FN7O5. The fourth-order valence-electron chi connectivity index (χ4n) is 4.67. The lowest BCUT2D eigenvalue weighted by molar-refractivity contribution is -0.132. The van der Waals surface area contributed by atoms with Crippen LogP contribution in [0.5, 0.6) is 0 Å². The molecule has 0 bridgehead atoms. The molecule has 0 aliphatic carbocycles. The molecule has 2 aromatic heterocycles. The molecule has 5 rings (SSSR count). The van der Waals surface area contributed by atoms with Crippen molar-refractivity contribution in [1.82, 2.24) is 24.9 Å². The van der Waals surface area contributed by atoms with Crippen LogP contribution >= 0.6 is 0 Å². The molecular weight excluding hydrogens is 545 g/mol. The molecule has 2 aliphatic rings. The van der Waals surface area contributed by atoms with E-state index < -0.39 is 18.0 Å². The van der Waals surface area contributed by atoms with E-state index in [2.05, 4.69) is 46.1 Å². The molecule has 224 valence electrons. The van der Waals surface area contributed by atoms with Crippen LogP contribution in [-0.2, 0) is 25.7 Å². The summed E-state index contributed by atoms with van der Waals surface area (Å²) in [4.78, 5) is 36.0.